The normalized spacial score (nSPS) is 20.4. The van der Waals surface area contributed by atoms with Crippen LogP contribution in [-0.2, 0) is 10.3 Å². The molecule has 0 unspecified atom stereocenters. The number of benzene rings is 2. The van der Waals surface area contributed by atoms with Gasteiger partial charge in [-0.25, -0.2) is 4.39 Å². The summed E-state index contributed by atoms with van der Waals surface area (Å²) in [5.74, 6) is -0.660. The maximum absolute atomic E-state index is 14.0. The van der Waals surface area contributed by atoms with E-state index in [1.54, 1.807) is 23.1 Å². The molecule has 27 heavy (non-hydrogen) atoms. The fourth-order valence-corrected chi connectivity index (χ4v) is 4.41. The van der Waals surface area contributed by atoms with Crippen LogP contribution < -0.4 is 0 Å². The van der Waals surface area contributed by atoms with Gasteiger partial charge >= 0.3 is 0 Å². The molecular weight excluding hydrogens is 343 g/mol. The van der Waals surface area contributed by atoms with Crippen LogP contribution in [0.2, 0.25) is 0 Å². The van der Waals surface area contributed by atoms with Crippen LogP contribution in [0.1, 0.15) is 28.8 Å². The largest absolute Gasteiger partial charge is 0.379 e. The van der Waals surface area contributed by atoms with Gasteiger partial charge in [-0.15, -0.1) is 0 Å². The summed E-state index contributed by atoms with van der Waals surface area (Å²) in [6, 6.07) is 16.8. The van der Waals surface area contributed by atoms with E-state index in [9.17, 15) is 9.18 Å². The zero-order valence-corrected chi connectivity index (χ0v) is 15.4. The van der Waals surface area contributed by atoms with Gasteiger partial charge in [-0.3, -0.25) is 9.69 Å². The highest BCUT2D eigenvalue weighted by molar-refractivity contribution is 5.94. The molecule has 0 saturated carbocycles. The predicted molar refractivity (Wildman–Crippen MR) is 102 cm³/mol. The van der Waals surface area contributed by atoms with Gasteiger partial charge in [0.25, 0.3) is 5.91 Å². The lowest BCUT2D eigenvalue weighted by Gasteiger charge is -2.50. The van der Waals surface area contributed by atoms with Crippen LogP contribution in [0.3, 0.4) is 0 Å². The van der Waals surface area contributed by atoms with Crippen molar-refractivity contribution in [3.05, 3.63) is 71.5 Å². The van der Waals surface area contributed by atoms with Crippen molar-refractivity contribution in [3.8, 4) is 0 Å². The highest BCUT2D eigenvalue weighted by Gasteiger charge is 2.42. The van der Waals surface area contributed by atoms with Crippen LogP contribution in [0.5, 0.6) is 0 Å². The molecule has 2 aromatic carbocycles. The van der Waals surface area contributed by atoms with E-state index in [-0.39, 0.29) is 17.0 Å². The van der Waals surface area contributed by atoms with E-state index in [4.69, 9.17) is 4.74 Å². The standard InChI is InChI=1S/C22H25FN2O2/c23-20-9-5-4-8-19(20)21(26)24-12-10-22(11-13-24,18-6-2-1-3-7-18)25-14-16-27-17-15-25/h1-9H,10-17H2. The van der Waals surface area contributed by atoms with E-state index in [1.165, 1.54) is 11.6 Å². The number of likely N-dealkylation sites (tertiary alicyclic amines) is 1. The van der Waals surface area contributed by atoms with Crippen LogP contribution >= 0.6 is 0 Å². The van der Waals surface area contributed by atoms with E-state index in [0.29, 0.717) is 13.1 Å². The van der Waals surface area contributed by atoms with Gasteiger partial charge in [0.1, 0.15) is 5.82 Å². The van der Waals surface area contributed by atoms with Crippen LogP contribution in [-0.4, -0.2) is 55.1 Å². The first-order valence-corrected chi connectivity index (χ1v) is 9.63. The van der Waals surface area contributed by atoms with Gasteiger partial charge in [0.2, 0.25) is 0 Å². The highest BCUT2D eigenvalue weighted by atomic mass is 19.1. The van der Waals surface area contributed by atoms with Crippen molar-refractivity contribution in [2.75, 3.05) is 39.4 Å². The Morgan fingerprint density at radius 2 is 1.52 bits per heavy atom. The van der Waals surface area contributed by atoms with Gasteiger partial charge in [0.05, 0.1) is 18.8 Å². The minimum atomic E-state index is -0.449. The SMILES string of the molecule is O=C(c1ccccc1F)N1CCC(c2ccccc2)(N2CCOCC2)CC1. The molecule has 4 nitrogen and oxygen atoms in total. The number of hydrogen-bond donors (Lipinski definition) is 0. The molecule has 2 aliphatic rings. The number of morpholine rings is 1. The van der Waals surface area contributed by atoms with Gasteiger partial charge in [-0.1, -0.05) is 42.5 Å². The lowest BCUT2D eigenvalue weighted by atomic mass is 9.79. The molecule has 142 valence electrons. The fraction of sp³-hybridized carbons (Fsp3) is 0.409. The van der Waals surface area contributed by atoms with E-state index in [1.807, 2.05) is 6.07 Å². The second kappa shape index (κ2) is 7.79. The number of amides is 1. The van der Waals surface area contributed by atoms with Crippen molar-refractivity contribution in [1.82, 2.24) is 9.80 Å². The molecule has 0 radical (unpaired) electrons. The van der Waals surface area contributed by atoms with Crippen molar-refractivity contribution < 1.29 is 13.9 Å². The Balaban J connectivity index is 1.56. The van der Waals surface area contributed by atoms with Gasteiger partial charge in [-0.05, 0) is 30.5 Å². The Labute approximate surface area is 159 Å². The zero-order valence-electron chi connectivity index (χ0n) is 15.4. The first-order valence-electron chi connectivity index (χ1n) is 9.63. The van der Waals surface area contributed by atoms with Gasteiger partial charge in [0, 0.05) is 31.7 Å². The number of piperidine rings is 1. The molecule has 0 aliphatic carbocycles. The molecule has 4 rings (SSSR count). The predicted octanol–water partition coefficient (Wildman–Crippen LogP) is 3.29. The summed E-state index contributed by atoms with van der Waals surface area (Å²) in [4.78, 5) is 17.1. The number of nitrogens with zero attached hydrogens (tertiary/aromatic N) is 2. The summed E-state index contributed by atoms with van der Waals surface area (Å²) >= 11 is 0. The molecule has 2 saturated heterocycles. The van der Waals surface area contributed by atoms with Crippen molar-refractivity contribution >= 4 is 5.91 Å². The minimum absolute atomic E-state index is 0.0863. The summed E-state index contributed by atoms with van der Waals surface area (Å²) in [6.07, 6.45) is 1.69. The molecule has 0 N–H and O–H groups in total. The summed E-state index contributed by atoms with van der Waals surface area (Å²) in [5, 5.41) is 0. The number of hydrogen-bond acceptors (Lipinski definition) is 3. The Hall–Kier alpha value is -2.24. The second-order valence-corrected chi connectivity index (χ2v) is 7.27. The molecule has 0 aromatic heterocycles. The number of halogens is 1. The van der Waals surface area contributed by atoms with Crippen LogP contribution in [0, 0.1) is 5.82 Å². The maximum atomic E-state index is 14.0. The molecule has 2 aromatic rings. The lowest BCUT2D eigenvalue weighted by Crippen LogP contribution is -2.57. The Morgan fingerprint density at radius 1 is 0.889 bits per heavy atom. The molecule has 0 atom stereocenters. The summed E-state index contributed by atoms with van der Waals surface area (Å²) in [6.45, 7) is 4.53. The average Bonchev–Trinajstić information content (AvgIpc) is 2.75. The third-order valence-corrected chi connectivity index (χ3v) is 5.91. The molecule has 0 bridgehead atoms. The molecule has 2 fully saturated rings. The highest BCUT2D eigenvalue weighted by Crippen LogP contribution is 2.39. The van der Waals surface area contributed by atoms with Crippen molar-refractivity contribution in [2.24, 2.45) is 0 Å². The average molecular weight is 368 g/mol. The quantitative estimate of drug-likeness (QED) is 0.833. The monoisotopic (exact) mass is 368 g/mol. The van der Waals surface area contributed by atoms with Crippen LogP contribution in [0.4, 0.5) is 4.39 Å². The van der Waals surface area contributed by atoms with Crippen LogP contribution in [0.25, 0.3) is 0 Å². The Bertz CT molecular complexity index is 782. The first kappa shape index (κ1) is 18.1. The molecule has 2 heterocycles. The third-order valence-electron chi connectivity index (χ3n) is 5.91. The minimum Gasteiger partial charge on any atom is -0.379 e. The van der Waals surface area contributed by atoms with E-state index in [0.717, 1.165) is 39.1 Å². The van der Waals surface area contributed by atoms with E-state index < -0.39 is 5.82 Å². The number of ether oxygens (including phenoxy) is 1. The summed E-state index contributed by atoms with van der Waals surface area (Å²) < 4.78 is 19.6. The fourth-order valence-electron chi connectivity index (χ4n) is 4.41. The van der Waals surface area contributed by atoms with Crippen molar-refractivity contribution in [1.29, 1.82) is 0 Å². The van der Waals surface area contributed by atoms with Crippen LogP contribution in [0.15, 0.2) is 54.6 Å². The molecule has 5 heteroatoms. The third kappa shape index (κ3) is 3.49. The Morgan fingerprint density at radius 3 is 2.19 bits per heavy atom. The Kier molecular flexibility index (Phi) is 5.23. The first-order chi connectivity index (χ1) is 13.2. The van der Waals surface area contributed by atoms with Crippen molar-refractivity contribution in [3.63, 3.8) is 0 Å². The van der Waals surface area contributed by atoms with E-state index >= 15 is 0 Å². The van der Waals surface area contributed by atoms with Gasteiger partial charge in [0.15, 0.2) is 0 Å². The zero-order chi connectivity index (χ0) is 18.7. The molecule has 2 aliphatic heterocycles. The lowest BCUT2D eigenvalue weighted by molar-refractivity contribution is -0.0482. The number of carbonyl (C=O) groups is 1. The summed E-state index contributed by atoms with van der Waals surface area (Å²) in [5.41, 5.74) is 1.37. The summed E-state index contributed by atoms with van der Waals surface area (Å²) in [7, 11) is 0. The smallest absolute Gasteiger partial charge is 0.256 e. The molecular formula is C22H25FN2O2. The maximum Gasteiger partial charge on any atom is 0.256 e. The molecule has 0 spiro atoms. The second-order valence-electron chi connectivity index (χ2n) is 7.27. The van der Waals surface area contributed by atoms with Crippen molar-refractivity contribution in [2.45, 2.75) is 18.4 Å². The van der Waals surface area contributed by atoms with Gasteiger partial charge in [-0.2, -0.15) is 0 Å². The van der Waals surface area contributed by atoms with Gasteiger partial charge < -0.3 is 9.64 Å². The number of rotatable bonds is 3. The number of carbonyl (C=O) groups excluding carboxylic acids is 1. The van der Waals surface area contributed by atoms with E-state index in [2.05, 4.69) is 29.2 Å². The molecule has 1 amide bonds. The topological polar surface area (TPSA) is 32.8 Å².